The van der Waals surface area contributed by atoms with Crippen molar-refractivity contribution in [1.29, 1.82) is 0 Å². The van der Waals surface area contributed by atoms with Gasteiger partial charge >= 0.3 is 5.97 Å². The summed E-state index contributed by atoms with van der Waals surface area (Å²) in [6.07, 6.45) is 2.43. The Kier molecular flexibility index (Phi) is 3.68. The van der Waals surface area contributed by atoms with Gasteiger partial charge in [0.25, 0.3) is 5.91 Å². The predicted molar refractivity (Wildman–Crippen MR) is 61.0 cm³/mol. The van der Waals surface area contributed by atoms with Crippen LogP contribution in [-0.2, 0) is 11.2 Å². The number of rotatable bonds is 4. The van der Waals surface area contributed by atoms with E-state index in [9.17, 15) is 9.59 Å². The molecule has 1 amide bonds. The fourth-order valence-electron chi connectivity index (χ4n) is 1.71. The van der Waals surface area contributed by atoms with E-state index < -0.39 is 5.97 Å². The molecular formula is C10H13N3O3S. The number of aryl methyl sites for hydroxylation is 1. The first-order valence-electron chi connectivity index (χ1n) is 5.50. The maximum absolute atomic E-state index is 11.9. The van der Waals surface area contributed by atoms with Crippen molar-refractivity contribution in [3.05, 3.63) is 10.0 Å². The first kappa shape index (κ1) is 12.0. The second-order valence-electron chi connectivity index (χ2n) is 3.89. The smallest absolute Gasteiger partial charge is 0.303 e. The molecule has 1 saturated heterocycles. The van der Waals surface area contributed by atoms with Crippen LogP contribution in [0.2, 0.25) is 0 Å². The number of aliphatic carboxylic acids is 1. The first-order chi connectivity index (χ1) is 8.16. The number of carboxylic acids is 1. The van der Waals surface area contributed by atoms with Gasteiger partial charge in [-0.3, -0.25) is 9.59 Å². The molecule has 0 radical (unpaired) electrons. The Balaban J connectivity index is 1.97. The largest absolute Gasteiger partial charge is 0.481 e. The summed E-state index contributed by atoms with van der Waals surface area (Å²) in [5.41, 5.74) is 0. The number of nitrogens with zero attached hydrogens (tertiary/aromatic N) is 3. The minimum atomic E-state index is -0.868. The third-order valence-corrected chi connectivity index (χ3v) is 3.57. The van der Waals surface area contributed by atoms with Crippen LogP contribution in [0.4, 0.5) is 0 Å². The van der Waals surface area contributed by atoms with Crippen LogP contribution in [0.15, 0.2) is 0 Å². The van der Waals surface area contributed by atoms with Gasteiger partial charge in [-0.15, -0.1) is 10.2 Å². The second-order valence-corrected chi connectivity index (χ2v) is 4.96. The summed E-state index contributed by atoms with van der Waals surface area (Å²) in [4.78, 5) is 24.1. The van der Waals surface area contributed by atoms with Gasteiger partial charge in [0.2, 0.25) is 5.01 Å². The van der Waals surface area contributed by atoms with E-state index in [-0.39, 0.29) is 12.3 Å². The average Bonchev–Trinajstić information content (AvgIpc) is 2.97. The third-order valence-electron chi connectivity index (χ3n) is 2.60. The molecule has 17 heavy (non-hydrogen) atoms. The molecule has 2 rings (SSSR count). The molecule has 0 spiro atoms. The molecular weight excluding hydrogens is 242 g/mol. The van der Waals surface area contributed by atoms with E-state index >= 15 is 0 Å². The maximum Gasteiger partial charge on any atom is 0.303 e. The zero-order valence-corrected chi connectivity index (χ0v) is 10.1. The van der Waals surface area contributed by atoms with Crippen molar-refractivity contribution < 1.29 is 14.7 Å². The van der Waals surface area contributed by atoms with Crippen molar-refractivity contribution >= 4 is 23.2 Å². The topological polar surface area (TPSA) is 83.4 Å². The highest BCUT2D eigenvalue weighted by molar-refractivity contribution is 7.13. The molecule has 92 valence electrons. The standard InChI is InChI=1S/C10H13N3O3S/c14-8(15)4-3-7-11-12-9(17-7)10(16)13-5-1-2-6-13/h1-6H2,(H,14,15). The van der Waals surface area contributed by atoms with Crippen LogP contribution in [0.1, 0.15) is 34.1 Å². The SMILES string of the molecule is O=C(O)CCc1nnc(C(=O)N2CCCC2)s1. The van der Waals surface area contributed by atoms with Crippen molar-refractivity contribution in [2.75, 3.05) is 13.1 Å². The summed E-state index contributed by atoms with van der Waals surface area (Å²) in [6.45, 7) is 1.56. The maximum atomic E-state index is 11.9. The molecule has 1 aliphatic heterocycles. The van der Waals surface area contributed by atoms with E-state index in [0.717, 1.165) is 25.9 Å². The number of aromatic nitrogens is 2. The molecule has 0 saturated carbocycles. The molecule has 1 aromatic heterocycles. The lowest BCUT2D eigenvalue weighted by Gasteiger charge is -2.11. The summed E-state index contributed by atoms with van der Waals surface area (Å²) in [6, 6.07) is 0. The van der Waals surface area contributed by atoms with Gasteiger partial charge in [0, 0.05) is 19.5 Å². The van der Waals surface area contributed by atoms with Crippen LogP contribution in [0.25, 0.3) is 0 Å². The van der Waals surface area contributed by atoms with Crippen molar-refractivity contribution in [3.8, 4) is 0 Å². The number of hydrogen-bond donors (Lipinski definition) is 1. The summed E-state index contributed by atoms with van der Waals surface area (Å²) in [5, 5.41) is 17.2. The lowest BCUT2D eigenvalue weighted by molar-refractivity contribution is -0.136. The van der Waals surface area contributed by atoms with Crippen LogP contribution >= 0.6 is 11.3 Å². The molecule has 1 aromatic rings. The molecule has 7 heteroatoms. The highest BCUT2D eigenvalue weighted by atomic mass is 32.1. The lowest BCUT2D eigenvalue weighted by atomic mass is 10.3. The quantitative estimate of drug-likeness (QED) is 0.860. The Morgan fingerprint density at radius 2 is 2.00 bits per heavy atom. The Morgan fingerprint density at radius 1 is 1.29 bits per heavy atom. The Hall–Kier alpha value is -1.50. The molecule has 0 aromatic carbocycles. The molecule has 0 bridgehead atoms. The summed E-state index contributed by atoms with van der Waals surface area (Å²) in [5.74, 6) is -0.950. The van der Waals surface area contributed by atoms with Crippen LogP contribution in [0, 0.1) is 0 Å². The average molecular weight is 255 g/mol. The normalized spacial score (nSPS) is 15.2. The van der Waals surface area contributed by atoms with Gasteiger partial charge in [-0.05, 0) is 12.8 Å². The van der Waals surface area contributed by atoms with E-state index in [1.54, 1.807) is 4.90 Å². The first-order valence-corrected chi connectivity index (χ1v) is 6.32. The van der Waals surface area contributed by atoms with Gasteiger partial charge in [0.05, 0.1) is 6.42 Å². The van der Waals surface area contributed by atoms with E-state index in [0.29, 0.717) is 16.4 Å². The van der Waals surface area contributed by atoms with Crippen molar-refractivity contribution in [1.82, 2.24) is 15.1 Å². The van der Waals surface area contributed by atoms with E-state index in [2.05, 4.69) is 10.2 Å². The van der Waals surface area contributed by atoms with Gasteiger partial charge in [0.1, 0.15) is 5.01 Å². The lowest BCUT2D eigenvalue weighted by Crippen LogP contribution is -2.27. The summed E-state index contributed by atoms with van der Waals surface area (Å²) in [7, 11) is 0. The number of hydrogen-bond acceptors (Lipinski definition) is 5. The van der Waals surface area contributed by atoms with Crippen molar-refractivity contribution in [3.63, 3.8) is 0 Å². The van der Waals surface area contributed by atoms with E-state index in [1.807, 2.05) is 0 Å². The van der Waals surface area contributed by atoms with Gasteiger partial charge < -0.3 is 10.0 Å². The minimum absolute atomic E-state index is 0.0204. The van der Waals surface area contributed by atoms with E-state index in [1.165, 1.54) is 11.3 Å². The van der Waals surface area contributed by atoms with Gasteiger partial charge in [-0.25, -0.2) is 0 Å². The highest BCUT2D eigenvalue weighted by Crippen LogP contribution is 2.17. The molecule has 1 aliphatic rings. The molecule has 2 heterocycles. The summed E-state index contributed by atoms with van der Waals surface area (Å²) >= 11 is 1.19. The minimum Gasteiger partial charge on any atom is -0.481 e. The fourth-order valence-corrected chi connectivity index (χ4v) is 2.52. The Bertz CT molecular complexity index is 426. The van der Waals surface area contributed by atoms with Crippen molar-refractivity contribution in [2.45, 2.75) is 25.7 Å². The van der Waals surface area contributed by atoms with Crippen LogP contribution in [0.5, 0.6) is 0 Å². The number of amides is 1. The molecule has 0 unspecified atom stereocenters. The molecule has 1 fully saturated rings. The van der Waals surface area contributed by atoms with Crippen LogP contribution in [0.3, 0.4) is 0 Å². The van der Waals surface area contributed by atoms with Gasteiger partial charge in [-0.1, -0.05) is 11.3 Å². The number of carboxylic acid groups (broad SMARTS) is 1. The van der Waals surface area contributed by atoms with Crippen LogP contribution in [-0.4, -0.2) is 45.2 Å². The second kappa shape index (κ2) is 5.22. The van der Waals surface area contributed by atoms with Crippen LogP contribution < -0.4 is 0 Å². The zero-order valence-electron chi connectivity index (χ0n) is 9.26. The summed E-state index contributed by atoms with van der Waals surface area (Å²) < 4.78 is 0. The third kappa shape index (κ3) is 3.00. The fraction of sp³-hybridized carbons (Fsp3) is 0.600. The van der Waals surface area contributed by atoms with E-state index in [4.69, 9.17) is 5.11 Å². The molecule has 0 atom stereocenters. The molecule has 6 nitrogen and oxygen atoms in total. The predicted octanol–water partition coefficient (Wildman–Crippen LogP) is 0.791. The number of carbonyl (C=O) groups is 2. The zero-order chi connectivity index (χ0) is 12.3. The monoisotopic (exact) mass is 255 g/mol. The van der Waals surface area contributed by atoms with Gasteiger partial charge in [0.15, 0.2) is 0 Å². The number of carbonyl (C=O) groups excluding carboxylic acids is 1. The molecule has 0 aliphatic carbocycles. The molecule has 1 N–H and O–H groups in total. The van der Waals surface area contributed by atoms with Gasteiger partial charge in [-0.2, -0.15) is 0 Å². The Labute approximate surface area is 102 Å². The van der Waals surface area contributed by atoms with Crippen molar-refractivity contribution in [2.24, 2.45) is 0 Å². The highest BCUT2D eigenvalue weighted by Gasteiger charge is 2.22. The number of likely N-dealkylation sites (tertiary alicyclic amines) is 1. The Morgan fingerprint density at radius 3 is 2.65 bits per heavy atom.